The molecule has 0 N–H and O–H groups in total. The van der Waals surface area contributed by atoms with E-state index >= 15 is 0 Å². The molecule has 1 atom stereocenters. The van der Waals surface area contributed by atoms with Crippen LogP contribution in [0.2, 0.25) is 0 Å². The van der Waals surface area contributed by atoms with Crippen LogP contribution in [0.25, 0.3) is 0 Å². The highest BCUT2D eigenvalue weighted by Gasteiger charge is 2.22. The van der Waals surface area contributed by atoms with Crippen molar-refractivity contribution in [3.05, 3.63) is 12.2 Å². The third-order valence-corrected chi connectivity index (χ3v) is 1.94. The summed E-state index contributed by atoms with van der Waals surface area (Å²) < 4.78 is 12.1. The molecule has 2 heteroatoms. The van der Waals surface area contributed by atoms with Crippen LogP contribution in [0.15, 0.2) is 12.2 Å². The van der Waals surface area contributed by atoms with Crippen LogP contribution >= 0.6 is 0 Å². The summed E-state index contributed by atoms with van der Waals surface area (Å²) >= 11 is 0. The quantitative estimate of drug-likeness (QED) is 0.405. The van der Waals surface area contributed by atoms with Crippen molar-refractivity contribution in [1.82, 2.24) is 0 Å². The lowest BCUT2D eigenvalue weighted by molar-refractivity contribution is -0.134. The first-order valence-corrected chi connectivity index (χ1v) is 3.56. The molecule has 0 amide bonds. The monoisotopic (exact) mass is 142 g/mol. The van der Waals surface area contributed by atoms with Gasteiger partial charge in [0.15, 0.2) is 0 Å². The van der Waals surface area contributed by atoms with Gasteiger partial charge >= 0.3 is 6.04 Å². The van der Waals surface area contributed by atoms with Crippen molar-refractivity contribution in [2.24, 2.45) is 5.92 Å². The first kappa shape index (κ1) is 7.45. The molecule has 0 bridgehead atoms. The Kier molecular flexibility index (Phi) is 2.20. The van der Waals surface area contributed by atoms with Gasteiger partial charge in [-0.2, -0.15) is 4.39 Å². The van der Waals surface area contributed by atoms with Crippen molar-refractivity contribution in [1.29, 1.82) is 0 Å². The SMILES string of the molecule is C=C1CCCC(C(=O)F)C1. The Morgan fingerprint density at radius 3 is 2.80 bits per heavy atom. The molecule has 0 spiro atoms. The maximum atomic E-state index is 12.1. The summed E-state index contributed by atoms with van der Waals surface area (Å²) in [7, 11) is 0. The van der Waals surface area contributed by atoms with E-state index in [1.165, 1.54) is 0 Å². The minimum atomic E-state index is -1.17. The Labute approximate surface area is 59.9 Å². The molecule has 0 aromatic carbocycles. The van der Waals surface area contributed by atoms with Crippen molar-refractivity contribution < 1.29 is 9.18 Å². The van der Waals surface area contributed by atoms with Crippen molar-refractivity contribution in [2.45, 2.75) is 25.7 Å². The summed E-state index contributed by atoms with van der Waals surface area (Å²) in [5.74, 6) is -0.374. The lowest BCUT2D eigenvalue weighted by Gasteiger charge is -2.18. The smallest absolute Gasteiger partial charge is 0.261 e. The molecule has 1 saturated carbocycles. The van der Waals surface area contributed by atoms with Gasteiger partial charge in [0, 0.05) is 0 Å². The molecule has 1 nitrogen and oxygen atoms in total. The second kappa shape index (κ2) is 2.95. The van der Waals surface area contributed by atoms with Gasteiger partial charge < -0.3 is 0 Å². The van der Waals surface area contributed by atoms with Crippen molar-refractivity contribution in [2.75, 3.05) is 0 Å². The minimum Gasteiger partial charge on any atom is -0.261 e. The minimum absolute atomic E-state index is 0.374. The maximum absolute atomic E-state index is 12.1. The van der Waals surface area contributed by atoms with Gasteiger partial charge in [0.25, 0.3) is 0 Å². The van der Waals surface area contributed by atoms with E-state index in [9.17, 15) is 9.18 Å². The third-order valence-electron chi connectivity index (χ3n) is 1.94. The largest absolute Gasteiger partial charge is 0.304 e. The fourth-order valence-corrected chi connectivity index (χ4v) is 1.34. The van der Waals surface area contributed by atoms with Crippen molar-refractivity contribution in [3.8, 4) is 0 Å². The molecule has 0 saturated heterocycles. The van der Waals surface area contributed by atoms with Gasteiger partial charge in [0.2, 0.25) is 0 Å². The highest BCUT2D eigenvalue weighted by molar-refractivity contribution is 5.71. The van der Waals surface area contributed by atoms with Gasteiger partial charge in [-0.05, 0) is 25.7 Å². The van der Waals surface area contributed by atoms with Crippen LogP contribution in [0.1, 0.15) is 25.7 Å². The molecule has 0 heterocycles. The number of carbonyl (C=O) groups is 1. The fourth-order valence-electron chi connectivity index (χ4n) is 1.34. The molecule has 56 valence electrons. The summed E-state index contributed by atoms with van der Waals surface area (Å²) in [6, 6.07) is -1.17. The second-order valence-corrected chi connectivity index (χ2v) is 2.85. The van der Waals surface area contributed by atoms with E-state index in [-0.39, 0.29) is 5.92 Å². The van der Waals surface area contributed by atoms with Crippen molar-refractivity contribution in [3.63, 3.8) is 0 Å². The molecule has 0 aromatic rings. The molecular formula is C8H11FO. The topological polar surface area (TPSA) is 17.1 Å². The number of carbonyl (C=O) groups excluding carboxylic acids is 1. The number of halogens is 1. The number of rotatable bonds is 1. The zero-order valence-electron chi connectivity index (χ0n) is 5.90. The van der Waals surface area contributed by atoms with Crippen LogP contribution in [0.3, 0.4) is 0 Å². The fraction of sp³-hybridized carbons (Fsp3) is 0.625. The second-order valence-electron chi connectivity index (χ2n) is 2.85. The highest BCUT2D eigenvalue weighted by atomic mass is 19.1. The standard InChI is InChI=1S/C8H11FO/c1-6-3-2-4-7(5-6)8(9)10/h7H,1-5H2. The van der Waals surface area contributed by atoms with Gasteiger partial charge in [-0.15, -0.1) is 0 Å². The van der Waals surface area contributed by atoms with Gasteiger partial charge in [-0.3, -0.25) is 4.79 Å². The molecule has 1 aliphatic rings. The van der Waals surface area contributed by atoms with E-state index in [2.05, 4.69) is 6.58 Å². The van der Waals surface area contributed by atoms with E-state index in [1.807, 2.05) is 0 Å². The van der Waals surface area contributed by atoms with Gasteiger partial charge in [-0.1, -0.05) is 12.2 Å². The van der Waals surface area contributed by atoms with E-state index in [1.54, 1.807) is 0 Å². The van der Waals surface area contributed by atoms with Crippen LogP contribution in [0, 0.1) is 5.92 Å². The zero-order valence-corrected chi connectivity index (χ0v) is 5.90. The van der Waals surface area contributed by atoms with Crippen LogP contribution in [-0.4, -0.2) is 6.04 Å². The lowest BCUT2D eigenvalue weighted by Crippen LogP contribution is -2.14. The highest BCUT2D eigenvalue weighted by Crippen LogP contribution is 2.27. The van der Waals surface area contributed by atoms with E-state index < -0.39 is 6.04 Å². The molecule has 0 aliphatic heterocycles. The third kappa shape index (κ3) is 1.66. The normalized spacial score (nSPS) is 26.5. The van der Waals surface area contributed by atoms with Gasteiger partial charge in [0.1, 0.15) is 0 Å². The summed E-state index contributed by atoms with van der Waals surface area (Å²) in [5.41, 5.74) is 1.02. The van der Waals surface area contributed by atoms with E-state index in [0.29, 0.717) is 12.8 Å². The predicted molar refractivity (Wildman–Crippen MR) is 37.2 cm³/mol. The predicted octanol–water partition coefficient (Wildman–Crippen LogP) is 2.23. The van der Waals surface area contributed by atoms with Crippen molar-refractivity contribution >= 4 is 6.04 Å². The van der Waals surface area contributed by atoms with Crippen LogP contribution in [-0.2, 0) is 4.79 Å². The van der Waals surface area contributed by atoms with E-state index in [0.717, 1.165) is 18.4 Å². The molecule has 1 aliphatic carbocycles. The summed E-state index contributed by atoms with van der Waals surface area (Å²) in [5, 5.41) is 0. The Bertz CT molecular complexity index is 161. The number of hydrogen-bond acceptors (Lipinski definition) is 1. The molecule has 10 heavy (non-hydrogen) atoms. The molecule has 1 rings (SSSR count). The summed E-state index contributed by atoms with van der Waals surface area (Å²) in [6.45, 7) is 3.73. The summed E-state index contributed by atoms with van der Waals surface area (Å²) in [4.78, 5) is 10.2. The lowest BCUT2D eigenvalue weighted by atomic mass is 9.87. The van der Waals surface area contributed by atoms with Crippen LogP contribution in [0.4, 0.5) is 4.39 Å². The molecule has 1 fully saturated rings. The number of hydrogen-bond donors (Lipinski definition) is 0. The Morgan fingerprint density at radius 1 is 1.70 bits per heavy atom. The molecule has 0 radical (unpaired) electrons. The Balaban J connectivity index is 2.47. The van der Waals surface area contributed by atoms with Gasteiger partial charge in [-0.25, -0.2) is 0 Å². The first-order valence-electron chi connectivity index (χ1n) is 3.56. The van der Waals surface area contributed by atoms with Gasteiger partial charge in [0.05, 0.1) is 5.92 Å². The average Bonchev–Trinajstić information content (AvgIpc) is 1.88. The summed E-state index contributed by atoms with van der Waals surface area (Å²) in [6.07, 6.45) is 3.15. The molecule has 1 unspecified atom stereocenters. The average molecular weight is 142 g/mol. The van der Waals surface area contributed by atoms with Crippen LogP contribution in [0.5, 0.6) is 0 Å². The van der Waals surface area contributed by atoms with E-state index in [4.69, 9.17) is 0 Å². The Morgan fingerprint density at radius 2 is 2.40 bits per heavy atom. The zero-order chi connectivity index (χ0) is 7.56. The molecular weight excluding hydrogens is 131 g/mol. The first-order chi connectivity index (χ1) is 4.70. The van der Waals surface area contributed by atoms with Crippen LogP contribution < -0.4 is 0 Å². The molecule has 0 aromatic heterocycles. The Hall–Kier alpha value is -0.660. The maximum Gasteiger partial charge on any atom is 0.304 e. The number of allylic oxidation sites excluding steroid dienone is 1.